The van der Waals surface area contributed by atoms with Crippen LogP contribution >= 0.6 is 0 Å². The van der Waals surface area contributed by atoms with E-state index in [1.807, 2.05) is 17.0 Å². The van der Waals surface area contributed by atoms with Gasteiger partial charge in [0.05, 0.1) is 48.9 Å². The number of hydrogen-bond donors (Lipinski definition) is 3. The average Bonchev–Trinajstić information content (AvgIpc) is 3.61. The van der Waals surface area contributed by atoms with E-state index < -0.39 is 24.4 Å². The zero-order valence-electron chi connectivity index (χ0n) is 25.2. The fraction of sp³-hybridized carbons (Fsp3) is 0.424. The number of benzene rings is 1. The van der Waals surface area contributed by atoms with Crippen molar-refractivity contribution in [2.75, 3.05) is 32.2 Å². The number of nitrogens with zero attached hydrogens (tertiary/aromatic N) is 5. The van der Waals surface area contributed by atoms with Gasteiger partial charge in [0.25, 0.3) is 0 Å². The Bertz CT molecular complexity index is 1790. The second kappa shape index (κ2) is 11.2. The van der Waals surface area contributed by atoms with E-state index >= 15 is 0 Å². The first-order valence-corrected chi connectivity index (χ1v) is 15.3. The molecule has 2 saturated heterocycles. The van der Waals surface area contributed by atoms with Gasteiger partial charge < -0.3 is 25.2 Å². The van der Waals surface area contributed by atoms with Gasteiger partial charge in [0.2, 0.25) is 5.91 Å². The van der Waals surface area contributed by atoms with Crippen LogP contribution in [0, 0.1) is 11.2 Å². The number of halogens is 1. The molecule has 11 nitrogen and oxygen atoms in total. The SMILES string of the molecule is COc1ccc(-c2ccc(-c3cnn4c5c(c(C6CC7CCC(C6)N7C(=O)C(C)(CO)CO)nc34)C(=O)CCN5)cn2)cc1F. The third kappa shape index (κ3) is 4.74. The van der Waals surface area contributed by atoms with Gasteiger partial charge in [-0.05, 0) is 56.9 Å². The number of piperidine rings is 1. The lowest BCUT2D eigenvalue weighted by atomic mass is 9.82. The van der Waals surface area contributed by atoms with Crippen LogP contribution in [0.3, 0.4) is 0 Å². The van der Waals surface area contributed by atoms with Crippen LogP contribution in [-0.2, 0) is 4.79 Å². The Kier molecular flexibility index (Phi) is 7.28. The number of carbonyl (C=O) groups is 2. The Morgan fingerprint density at radius 2 is 1.84 bits per heavy atom. The van der Waals surface area contributed by atoms with Crippen LogP contribution in [0.1, 0.15) is 61.0 Å². The van der Waals surface area contributed by atoms with Gasteiger partial charge in [-0.3, -0.25) is 14.6 Å². The minimum atomic E-state index is -1.23. The number of anilines is 1. The number of aromatic nitrogens is 4. The van der Waals surface area contributed by atoms with Gasteiger partial charge in [0.1, 0.15) is 5.82 Å². The summed E-state index contributed by atoms with van der Waals surface area (Å²) in [5.41, 5.74) is 3.37. The van der Waals surface area contributed by atoms with Crippen LogP contribution in [0.15, 0.2) is 42.7 Å². The Labute approximate surface area is 259 Å². The van der Waals surface area contributed by atoms with Crippen molar-refractivity contribution >= 4 is 23.2 Å². The molecule has 0 radical (unpaired) electrons. The lowest BCUT2D eigenvalue weighted by Crippen LogP contribution is -2.54. The van der Waals surface area contributed by atoms with E-state index in [4.69, 9.17) is 9.72 Å². The molecule has 2 fully saturated rings. The van der Waals surface area contributed by atoms with E-state index in [1.165, 1.54) is 13.2 Å². The Hall–Kier alpha value is -4.42. The third-order valence-corrected chi connectivity index (χ3v) is 9.69. The van der Waals surface area contributed by atoms with E-state index in [9.17, 15) is 24.2 Å². The predicted molar refractivity (Wildman–Crippen MR) is 164 cm³/mol. The minimum absolute atomic E-state index is 0.0157. The number of ether oxygens (including phenoxy) is 1. The number of amides is 1. The Balaban J connectivity index is 1.25. The molecule has 1 amide bonds. The molecule has 2 unspecified atom stereocenters. The number of aliphatic hydroxyl groups is 2. The molecule has 3 N–H and O–H groups in total. The van der Waals surface area contributed by atoms with Crippen molar-refractivity contribution in [3.63, 3.8) is 0 Å². The van der Waals surface area contributed by atoms with Crippen LogP contribution < -0.4 is 10.1 Å². The largest absolute Gasteiger partial charge is 0.494 e. The molecule has 0 aliphatic carbocycles. The van der Waals surface area contributed by atoms with Crippen LogP contribution in [-0.4, -0.2) is 85.3 Å². The number of methoxy groups -OCH3 is 1. The number of rotatable bonds is 7. The molecule has 2 atom stereocenters. The maximum Gasteiger partial charge on any atom is 0.233 e. The normalized spacial score (nSPS) is 21.1. The first kappa shape index (κ1) is 29.3. The number of ketones is 1. The van der Waals surface area contributed by atoms with E-state index in [2.05, 4.69) is 15.4 Å². The minimum Gasteiger partial charge on any atom is -0.494 e. The second-order valence-corrected chi connectivity index (χ2v) is 12.5. The fourth-order valence-corrected chi connectivity index (χ4v) is 7.15. The zero-order valence-corrected chi connectivity index (χ0v) is 25.2. The molecule has 7 rings (SSSR count). The molecule has 0 spiro atoms. The average molecular weight is 615 g/mol. The highest BCUT2D eigenvalue weighted by molar-refractivity contribution is 6.04. The maximum atomic E-state index is 14.3. The molecule has 1 aromatic carbocycles. The van der Waals surface area contributed by atoms with Gasteiger partial charge >= 0.3 is 0 Å². The number of Topliss-reactive ketones (excluding diaryl/α,β-unsaturated/α-hetero) is 1. The number of fused-ring (bicyclic) bond motifs is 5. The molecular formula is C33H35FN6O5. The summed E-state index contributed by atoms with van der Waals surface area (Å²) in [6.07, 6.45) is 6.69. The summed E-state index contributed by atoms with van der Waals surface area (Å²) in [5, 5.41) is 27.8. The summed E-state index contributed by atoms with van der Waals surface area (Å²) in [4.78, 5) is 38.4. The topological polar surface area (TPSA) is 142 Å². The number of aliphatic hydroxyl groups excluding tert-OH is 2. The molecule has 6 heterocycles. The van der Waals surface area contributed by atoms with Crippen molar-refractivity contribution in [1.82, 2.24) is 24.5 Å². The summed E-state index contributed by atoms with van der Waals surface area (Å²) in [5.74, 6) is 0.0474. The van der Waals surface area contributed by atoms with Crippen molar-refractivity contribution in [3.8, 4) is 28.1 Å². The molecule has 3 aliphatic rings. The van der Waals surface area contributed by atoms with E-state index in [1.54, 1.807) is 36.0 Å². The standard InChI is InChI=1S/C33H35FN6O5/c1-33(16-41,17-42)32(44)39-21-5-6-22(39)12-20(11-21)29-28-26(43)9-10-35-31(28)40-30(38-29)23(15-37-40)19-3-7-25(36-14-19)18-4-8-27(45-2)24(34)13-18/h3-4,7-8,13-15,20-22,35,41-42H,5-6,9-12,16-17H2,1-2H3. The van der Waals surface area contributed by atoms with Gasteiger partial charge in [-0.1, -0.05) is 6.07 Å². The van der Waals surface area contributed by atoms with Crippen molar-refractivity contribution in [1.29, 1.82) is 0 Å². The molecule has 3 aliphatic heterocycles. The molecule has 0 saturated carbocycles. The monoisotopic (exact) mass is 614 g/mol. The van der Waals surface area contributed by atoms with Crippen molar-refractivity contribution in [3.05, 3.63) is 59.8 Å². The number of nitrogens with one attached hydrogen (secondary N) is 1. The van der Waals surface area contributed by atoms with Crippen molar-refractivity contribution in [2.24, 2.45) is 5.41 Å². The quantitative estimate of drug-likeness (QED) is 0.283. The molecule has 3 aromatic heterocycles. The summed E-state index contributed by atoms with van der Waals surface area (Å²) in [6.45, 7) is 1.23. The van der Waals surface area contributed by atoms with Gasteiger partial charge in [-0.25, -0.2) is 9.37 Å². The molecular weight excluding hydrogens is 579 g/mol. The number of carbonyl (C=O) groups excluding carboxylic acids is 2. The zero-order chi connectivity index (χ0) is 31.5. The van der Waals surface area contributed by atoms with Crippen LogP contribution in [0.25, 0.3) is 28.0 Å². The molecule has 12 heteroatoms. The molecule has 45 heavy (non-hydrogen) atoms. The number of hydrogen-bond acceptors (Lipinski definition) is 9. The third-order valence-electron chi connectivity index (χ3n) is 9.69. The van der Waals surface area contributed by atoms with Gasteiger partial charge in [0.15, 0.2) is 23.0 Å². The Morgan fingerprint density at radius 3 is 2.49 bits per heavy atom. The highest BCUT2D eigenvalue weighted by Gasteiger charge is 2.49. The highest BCUT2D eigenvalue weighted by Crippen LogP contribution is 2.46. The van der Waals surface area contributed by atoms with E-state index in [0.717, 1.165) is 24.0 Å². The predicted octanol–water partition coefficient (Wildman–Crippen LogP) is 3.83. The van der Waals surface area contributed by atoms with Gasteiger partial charge in [0, 0.05) is 53.9 Å². The molecule has 234 valence electrons. The summed E-state index contributed by atoms with van der Waals surface area (Å²) >= 11 is 0. The van der Waals surface area contributed by atoms with Crippen molar-refractivity contribution < 1.29 is 28.9 Å². The lowest BCUT2D eigenvalue weighted by Gasteiger charge is -2.43. The van der Waals surface area contributed by atoms with E-state index in [-0.39, 0.29) is 35.4 Å². The number of pyridine rings is 1. The summed E-state index contributed by atoms with van der Waals surface area (Å²) in [7, 11) is 1.42. The fourth-order valence-electron chi connectivity index (χ4n) is 7.15. The summed E-state index contributed by atoms with van der Waals surface area (Å²) < 4.78 is 21.0. The summed E-state index contributed by atoms with van der Waals surface area (Å²) in [6, 6.07) is 8.29. The molecule has 2 bridgehead atoms. The Morgan fingerprint density at radius 1 is 1.11 bits per heavy atom. The van der Waals surface area contributed by atoms with Crippen LogP contribution in [0.5, 0.6) is 5.75 Å². The van der Waals surface area contributed by atoms with Crippen molar-refractivity contribution in [2.45, 2.75) is 57.0 Å². The smallest absolute Gasteiger partial charge is 0.233 e. The molecule has 4 aromatic rings. The second-order valence-electron chi connectivity index (χ2n) is 12.5. The van der Waals surface area contributed by atoms with Crippen LogP contribution in [0.2, 0.25) is 0 Å². The van der Waals surface area contributed by atoms with Gasteiger partial charge in [-0.15, -0.1) is 0 Å². The lowest BCUT2D eigenvalue weighted by molar-refractivity contribution is -0.151. The highest BCUT2D eigenvalue weighted by atomic mass is 19.1. The van der Waals surface area contributed by atoms with Gasteiger partial charge in [-0.2, -0.15) is 9.61 Å². The first-order chi connectivity index (χ1) is 21.8. The van der Waals surface area contributed by atoms with Crippen LogP contribution in [0.4, 0.5) is 10.2 Å². The maximum absolute atomic E-state index is 14.3. The first-order valence-electron chi connectivity index (χ1n) is 15.3. The van der Waals surface area contributed by atoms with E-state index in [0.29, 0.717) is 59.8 Å².